The second kappa shape index (κ2) is 11.7. The van der Waals surface area contributed by atoms with Gasteiger partial charge in [0.25, 0.3) is 0 Å². The fourth-order valence-corrected chi connectivity index (χ4v) is 12.7. The number of rotatable bonds is 2. The molecular weight excluding hydrogens is 720 g/mol. The van der Waals surface area contributed by atoms with E-state index in [1.165, 1.54) is 13.0 Å². The van der Waals surface area contributed by atoms with Crippen molar-refractivity contribution in [3.05, 3.63) is 45.1 Å². The second-order valence-electron chi connectivity index (χ2n) is 17.3. The van der Waals surface area contributed by atoms with Gasteiger partial charge in [-0.2, -0.15) is 0 Å². The molecule has 55 heavy (non-hydrogen) atoms. The van der Waals surface area contributed by atoms with Crippen LogP contribution in [0.2, 0.25) is 0 Å². The molecular formula is C40H44O15. The predicted octanol–water partition coefficient (Wildman–Crippen LogP) is 0.320. The van der Waals surface area contributed by atoms with Gasteiger partial charge >= 0.3 is 29.8 Å². The van der Waals surface area contributed by atoms with Crippen LogP contribution in [-0.2, 0) is 52.5 Å². The third-order valence-electron chi connectivity index (χ3n) is 15.3. The molecule has 7 aliphatic carbocycles. The minimum atomic E-state index is -1.91. The number of allylic oxidation sites excluding steroid dienone is 1. The molecule has 9 rings (SSSR count). The number of cyclic esters (lactones) is 3. The van der Waals surface area contributed by atoms with Gasteiger partial charge in [0.15, 0.2) is 11.9 Å². The summed E-state index contributed by atoms with van der Waals surface area (Å²) in [5.74, 6) is -8.39. The Bertz CT molecular complexity index is 2020. The van der Waals surface area contributed by atoms with E-state index in [-0.39, 0.29) is 59.0 Å². The molecule has 9 aliphatic rings. The number of carbonyl (C=O) groups excluding carboxylic acids is 6. The van der Waals surface area contributed by atoms with Gasteiger partial charge in [-0.15, -0.1) is 0 Å². The van der Waals surface area contributed by atoms with Crippen molar-refractivity contribution < 1.29 is 72.9 Å². The van der Waals surface area contributed by atoms with Gasteiger partial charge in [0.05, 0.1) is 37.2 Å². The van der Waals surface area contributed by atoms with Crippen LogP contribution in [0.25, 0.3) is 0 Å². The van der Waals surface area contributed by atoms with E-state index in [2.05, 4.69) is 0 Å². The molecule has 4 N–H and O–H groups in total. The maximum atomic E-state index is 14.6. The summed E-state index contributed by atoms with van der Waals surface area (Å²) >= 11 is 0. The van der Waals surface area contributed by atoms with Crippen LogP contribution in [0, 0.1) is 52.3 Å². The zero-order valence-corrected chi connectivity index (χ0v) is 30.9. The van der Waals surface area contributed by atoms with E-state index in [9.17, 15) is 49.2 Å². The number of Topliss-reactive ketones (excluding diaryl/α,β-unsaturated/α-hetero) is 1. The lowest BCUT2D eigenvalue weighted by Gasteiger charge is -2.63. The average molecular weight is 765 g/mol. The van der Waals surface area contributed by atoms with Gasteiger partial charge in [-0.3, -0.25) is 9.59 Å². The van der Waals surface area contributed by atoms with Crippen molar-refractivity contribution in [2.24, 2.45) is 52.3 Å². The number of carbonyl (C=O) groups is 6. The molecule has 0 saturated heterocycles. The first-order valence-electron chi connectivity index (χ1n) is 18.9. The van der Waals surface area contributed by atoms with Crippen molar-refractivity contribution in [2.45, 2.75) is 76.3 Å². The highest BCUT2D eigenvalue weighted by Gasteiger charge is 2.84. The van der Waals surface area contributed by atoms with Crippen LogP contribution in [0.1, 0.15) is 52.9 Å². The first kappa shape index (κ1) is 36.5. The molecule has 2 heterocycles. The SMILES string of the molecule is COC(=O)/C(CO)=C1/C(=O)[C@H](O)[C@]2(C)C3=C(C[C@@H]4[C@]5(OC(=O)C6=C5C[C@H]5[C@](O)(COC(=O)/C(C)=C/COC(=O)[C@@H](O)CC(=O)OC6)[C@H]6C[C@H]6[C@]45C)[C@H]31)[C@H]1C[C@H]12. The molecule has 15 nitrogen and oxygen atoms in total. The van der Waals surface area contributed by atoms with Crippen molar-refractivity contribution in [3.63, 3.8) is 0 Å². The fraction of sp³-hybridized carbons (Fsp3) is 0.650. The Balaban J connectivity index is 1.27. The first-order valence-corrected chi connectivity index (χ1v) is 18.9. The van der Waals surface area contributed by atoms with Crippen molar-refractivity contribution in [1.82, 2.24) is 0 Å². The fourth-order valence-electron chi connectivity index (χ4n) is 12.7. The van der Waals surface area contributed by atoms with Crippen LogP contribution < -0.4 is 0 Å². The molecule has 294 valence electrons. The van der Waals surface area contributed by atoms with E-state index in [1.807, 2.05) is 13.8 Å². The van der Waals surface area contributed by atoms with Crippen LogP contribution in [0.5, 0.6) is 0 Å². The van der Waals surface area contributed by atoms with E-state index < -0.39 is 114 Å². The molecule has 13 atom stereocenters. The normalized spacial score (nSPS) is 47.4. The first-order chi connectivity index (χ1) is 26.0. The summed E-state index contributed by atoms with van der Waals surface area (Å²) in [6, 6.07) is 0. The number of hydrogen-bond donors (Lipinski definition) is 4. The van der Waals surface area contributed by atoms with Crippen molar-refractivity contribution in [1.29, 1.82) is 0 Å². The third-order valence-corrected chi connectivity index (χ3v) is 15.3. The number of aliphatic hydroxyl groups is 4. The Morgan fingerprint density at radius 3 is 2.40 bits per heavy atom. The van der Waals surface area contributed by atoms with Gasteiger partial charge in [0.1, 0.15) is 37.1 Å². The number of hydrogen-bond acceptors (Lipinski definition) is 15. The van der Waals surface area contributed by atoms with Crippen molar-refractivity contribution in [2.75, 3.05) is 33.5 Å². The monoisotopic (exact) mass is 764 g/mol. The lowest BCUT2D eigenvalue weighted by molar-refractivity contribution is -0.191. The van der Waals surface area contributed by atoms with Gasteiger partial charge in [-0.1, -0.05) is 19.4 Å². The molecule has 5 fully saturated rings. The van der Waals surface area contributed by atoms with Gasteiger partial charge in [0.2, 0.25) is 0 Å². The lowest BCUT2D eigenvalue weighted by Crippen LogP contribution is -2.67. The van der Waals surface area contributed by atoms with Crippen LogP contribution in [0.4, 0.5) is 0 Å². The summed E-state index contributed by atoms with van der Waals surface area (Å²) in [4.78, 5) is 81.1. The molecule has 15 heteroatoms. The molecule has 0 unspecified atom stereocenters. The van der Waals surface area contributed by atoms with Gasteiger partial charge in [-0.05, 0) is 78.9 Å². The molecule has 0 aromatic heterocycles. The van der Waals surface area contributed by atoms with Crippen molar-refractivity contribution >= 4 is 35.6 Å². The van der Waals surface area contributed by atoms with Gasteiger partial charge < -0.3 is 44.1 Å². The summed E-state index contributed by atoms with van der Waals surface area (Å²) in [5.41, 5.74) is -3.61. The number of aliphatic hydroxyl groups excluding tert-OH is 3. The maximum Gasteiger partial charge on any atom is 0.338 e. The summed E-state index contributed by atoms with van der Waals surface area (Å²) in [5, 5.41) is 45.7. The number of ketones is 1. The van der Waals surface area contributed by atoms with Gasteiger partial charge in [-0.25, -0.2) is 19.2 Å². The highest BCUT2D eigenvalue weighted by atomic mass is 16.6. The Morgan fingerprint density at radius 1 is 0.945 bits per heavy atom. The lowest BCUT2D eigenvalue weighted by atomic mass is 9.42. The number of esters is 5. The quantitative estimate of drug-likeness (QED) is 0.128. The minimum absolute atomic E-state index is 0.00413. The molecule has 2 aliphatic heterocycles. The van der Waals surface area contributed by atoms with E-state index in [4.69, 9.17) is 23.7 Å². The maximum absolute atomic E-state index is 14.6. The Hall–Kier alpha value is -4.18. The molecule has 0 aromatic rings. The second-order valence-corrected chi connectivity index (χ2v) is 17.3. The summed E-state index contributed by atoms with van der Waals surface area (Å²) in [6.45, 7) is 3.01. The van der Waals surface area contributed by atoms with E-state index >= 15 is 0 Å². The smallest absolute Gasteiger partial charge is 0.338 e. The van der Waals surface area contributed by atoms with Crippen LogP contribution in [0.3, 0.4) is 0 Å². The van der Waals surface area contributed by atoms with Crippen LogP contribution in [0.15, 0.2) is 45.1 Å². The summed E-state index contributed by atoms with van der Waals surface area (Å²) in [7, 11) is 1.11. The van der Waals surface area contributed by atoms with E-state index in [0.717, 1.165) is 19.1 Å². The number of ether oxygens (including phenoxy) is 5. The molecule has 1 spiro atoms. The average Bonchev–Trinajstić information content (AvgIpc) is 4.07. The Labute approximate surface area is 315 Å². The Kier molecular flexibility index (Phi) is 7.74. The standard InChI is InChI=1S/C40H44O15/c1-15-5-6-52-36(49)24(42)11-27(43)53-13-19-21-10-25-37(2,22-9-23(22)39(25,50)14-54-33(15)46)26-8-17-16-7-20(16)38(3)29(17)30(40(21,26)55-35(19)48)28(31(44)32(38)45)18(12-41)34(47)51-4/h5,16,20,22-26,30,32,41-42,45,50H,6-14H2,1-4H3/b15-5+,28-18+/t16-,20-,22-,23+,24+,25-,26+,30+,32+,37+,38+,39+,40+/m1/s1. The molecule has 5 saturated carbocycles. The van der Waals surface area contributed by atoms with Crippen LogP contribution in [-0.4, -0.2) is 113 Å². The van der Waals surface area contributed by atoms with E-state index in [1.54, 1.807) is 0 Å². The minimum Gasteiger partial charge on any atom is -0.466 e. The molecule has 0 aromatic carbocycles. The van der Waals surface area contributed by atoms with Gasteiger partial charge in [0, 0.05) is 28.4 Å². The third kappa shape index (κ3) is 4.46. The topological polar surface area (TPSA) is 229 Å². The predicted molar refractivity (Wildman–Crippen MR) is 181 cm³/mol. The highest BCUT2D eigenvalue weighted by molar-refractivity contribution is 6.09. The molecule has 0 amide bonds. The number of fused-ring (bicyclic) bond motifs is 7. The summed E-state index contributed by atoms with van der Waals surface area (Å²) < 4.78 is 28.0. The van der Waals surface area contributed by atoms with Crippen molar-refractivity contribution in [3.8, 4) is 0 Å². The molecule has 2 bridgehead atoms. The highest BCUT2D eigenvalue weighted by Crippen LogP contribution is 2.83. The largest absolute Gasteiger partial charge is 0.466 e. The van der Waals surface area contributed by atoms with E-state index in [0.29, 0.717) is 24.0 Å². The summed E-state index contributed by atoms with van der Waals surface area (Å²) in [6.07, 6.45) is -1.29. The Morgan fingerprint density at radius 2 is 1.69 bits per heavy atom. The zero-order valence-electron chi connectivity index (χ0n) is 30.9. The zero-order chi connectivity index (χ0) is 39.3. The molecule has 0 radical (unpaired) electrons. The van der Waals surface area contributed by atoms with Crippen LogP contribution >= 0.6 is 0 Å². The number of methoxy groups -OCH3 is 1.